The van der Waals surface area contributed by atoms with E-state index in [9.17, 15) is 0 Å². The maximum absolute atomic E-state index is 5.16. The first-order valence-electron chi connectivity index (χ1n) is 4.02. The van der Waals surface area contributed by atoms with E-state index in [1.807, 2.05) is 6.92 Å². The highest BCUT2D eigenvalue weighted by molar-refractivity contribution is 5.55. The van der Waals surface area contributed by atoms with Gasteiger partial charge in [-0.15, -0.1) is 0 Å². The maximum atomic E-state index is 5.16. The quantitative estimate of drug-likeness (QED) is 0.435. The van der Waals surface area contributed by atoms with Gasteiger partial charge in [0, 0.05) is 0 Å². The van der Waals surface area contributed by atoms with Gasteiger partial charge in [0.2, 0.25) is 0 Å². The summed E-state index contributed by atoms with van der Waals surface area (Å²) in [6, 6.07) is 0. The van der Waals surface area contributed by atoms with Crippen LogP contribution in [0, 0.1) is 0 Å². The summed E-state index contributed by atoms with van der Waals surface area (Å²) in [5.74, 6) is 0. The van der Waals surface area contributed by atoms with Crippen LogP contribution in [0.15, 0.2) is 5.16 Å². The molecule has 1 saturated carbocycles. The van der Waals surface area contributed by atoms with Gasteiger partial charge in [-0.05, 0) is 32.1 Å². The SMILES string of the molecule is CC/[C]=N/OC1CCCC1. The van der Waals surface area contributed by atoms with Crippen LogP contribution in [0.25, 0.3) is 0 Å². The molecule has 1 aliphatic rings. The average molecular weight is 140 g/mol. The highest BCUT2D eigenvalue weighted by Crippen LogP contribution is 2.20. The molecule has 0 saturated heterocycles. The van der Waals surface area contributed by atoms with Gasteiger partial charge in [0.1, 0.15) is 12.3 Å². The van der Waals surface area contributed by atoms with Crippen LogP contribution in [-0.2, 0) is 4.84 Å². The van der Waals surface area contributed by atoms with Gasteiger partial charge in [-0.3, -0.25) is 0 Å². The molecule has 1 aliphatic carbocycles. The summed E-state index contributed by atoms with van der Waals surface area (Å²) in [5.41, 5.74) is 0. The first-order chi connectivity index (χ1) is 4.93. The van der Waals surface area contributed by atoms with Gasteiger partial charge in [0.15, 0.2) is 0 Å². The predicted octanol–water partition coefficient (Wildman–Crippen LogP) is 2.22. The monoisotopic (exact) mass is 140 g/mol. The summed E-state index contributed by atoms with van der Waals surface area (Å²) in [6.07, 6.45) is 8.95. The van der Waals surface area contributed by atoms with Crippen molar-refractivity contribution in [3.8, 4) is 0 Å². The van der Waals surface area contributed by atoms with Crippen molar-refractivity contribution in [3.05, 3.63) is 0 Å². The van der Waals surface area contributed by atoms with E-state index >= 15 is 0 Å². The van der Waals surface area contributed by atoms with E-state index in [-0.39, 0.29) is 0 Å². The minimum absolute atomic E-state index is 0.388. The Hall–Kier alpha value is -0.530. The van der Waals surface area contributed by atoms with Gasteiger partial charge in [0.05, 0.1) is 0 Å². The lowest BCUT2D eigenvalue weighted by molar-refractivity contribution is 0.0653. The summed E-state index contributed by atoms with van der Waals surface area (Å²) in [6.45, 7) is 2.00. The van der Waals surface area contributed by atoms with Gasteiger partial charge < -0.3 is 4.84 Å². The molecule has 0 aromatic rings. The third-order valence-corrected chi connectivity index (χ3v) is 1.73. The highest BCUT2D eigenvalue weighted by Gasteiger charge is 2.15. The Bertz CT molecular complexity index is 106. The van der Waals surface area contributed by atoms with E-state index in [0.29, 0.717) is 6.10 Å². The van der Waals surface area contributed by atoms with Crippen LogP contribution in [0.4, 0.5) is 0 Å². The van der Waals surface area contributed by atoms with Gasteiger partial charge in [-0.25, -0.2) is 0 Å². The number of nitrogens with zero attached hydrogens (tertiary/aromatic N) is 1. The third kappa shape index (κ3) is 2.38. The second-order valence-corrected chi connectivity index (χ2v) is 2.61. The normalized spacial score (nSPS) is 20.5. The molecule has 10 heavy (non-hydrogen) atoms. The first kappa shape index (κ1) is 7.58. The molecule has 2 nitrogen and oxygen atoms in total. The molecular formula is C8H14NO. The van der Waals surface area contributed by atoms with E-state index in [2.05, 4.69) is 11.4 Å². The second-order valence-electron chi connectivity index (χ2n) is 2.61. The van der Waals surface area contributed by atoms with Gasteiger partial charge in [-0.1, -0.05) is 12.1 Å². The molecule has 0 N–H and O–H groups in total. The zero-order valence-corrected chi connectivity index (χ0v) is 6.47. The molecule has 2 heteroatoms. The molecule has 1 radical (unpaired) electrons. The van der Waals surface area contributed by atoms with Crippen molar-refractivity contribution >= 4 is 6.21 Å². The Balaban J connectivity index is 2.06. The lowest BCUT2D eigenvalue weighted by atomic mass is 10.3. The van der Waals surface area contributed by atoms with Gasteiger partial charge in [-0.2, -0.15) is 0 Å². The molecule has 0 atom stereocenters. The minimum atomic E-state index is 0.388. The molecule has 0 amide bonds. The third-order valence-electron chi connectivity index (χ3n) is 1.73. The Morgan fingerprint density at radius 1 is 1.50 bits per heavy atom. The van der Waals surface area contributed by atoms with Crippen LogP contribution in [0.5, 0.6) is 0 Å². The van der Waals surface area contributed by atoms with Crippen LogP contribution in [0.3, 0.4) is 0 Å². The van der Waals surface area contributed by atoms with Crippen LogP contribution >= 0.6 is 0 Å². The van der Waals surface area contributed by atoms with Crippen molar-refractivity contribution in [2.24, 2.45) is 5.16 Å². The number of hydrogen-bond acceptors (Lipinski definition) is 2. The molecule has 0 aromatic heterocycles. The fraction of sp³-hybridized carbons (Fsp3) is 0.875. The molecular weight excluding hydrogens is 126 g/mol. The van der Waals surface area contributed by atoms with Crippen molar-refractivity contribution in [3.63, 3.8) is 0 Å². The summed E-state index contributed by atoms with van der Waals surface area (Å²) in [5, 5.41) is 3.72. The van der Waals surface area contributed by atoms with Crippen LogP contribution in [0.1, 0.15) is 39.0 Å². The van der Waals surface area contributed by atoms with Gasteiger partial charge in [0.25, 0.3) is 0 Å². The minimum Gasteiger partial charge on any atom is -0.392 e. The number of rotatable bonds is 3. The molecule has 0 unspecified atom stereocenters. The Morgan fingerprint density at radius 2 is 2.20 bits per heavy atom. The van der Waals surface area contributed by atoms with E-state index in [1.54, 1.807) is 0 Å². The van der Waals surface area contributed by atoms with Gasteiger partial charge >= 0.3 is 0 Å². The summed E-state index contributed by atoms with van der Waals surface area (Å²) < 4.78 is 0. The fourth-order valence-electron chi connectivity index (χ4n) is 1.17. The Labute approximate surface area is 62.3 Å². The first-order valence-corrected chi connectivity index (χ1v) is 4.02. The summed E-state index contributed by atoms with van der Waals surface area (Å²) in [4.78, 5) is 5.16. The molecule has 57 valence electrons. The van der Waals surface area contributed by atoms with Crippen LogP contribution in [0.2, 0.25) is 0 Å². The van der Waals surface area contributed by atoms with Crippen molar-refractivity contribution in [2.75, 3.05) is 0 Å². The second kappa shape index (κ2) is 4.31. The lowest BCUT2D eigenvalue weighted by Crippen LogP contribution is -2.01. The lowest BCUT2D eigenvalue weighted by Gasteiger charge is -2.03. The molecule has 0 bridgehead atoms. The molecule has 1 rings (SSSR count). The molecule has 0 spiro atoms. The Morgan fingerprint density at radius 3 is 2.80 bits per heavy atom. The smallest absolute Gasteiger partial charge is 0.127 e. The van der Waals surface area contributed by atoms with Crippen molar-refractivity contribution in [1.82, 2.24) is 0 Å². The zero-order chi connectivity index (χ0) is 7.23. The van der Waals surface area contributed by atoms with Crippen molar-refractivity contribution in [2.45, 2.75) is 45.1 Å². The zero-order valence-electron chi connectivity index (χ0n) is 6.47. The van der Waals surface area contributed by atoms with Crippen LogP contribution < -0.4 is 0 Å². The van der Waals surface area contributed by atoms with E-state index in [4.69, 9.17) is 4.84 Å². The standard InChI is InChI=1S/C8H14NO/c1-2-7-9-10-8-5-3-4-6-8/h8H,2-6H2,1H3. The Kier molecular flexibility index (Phi) is 3.27. The average Bonchev–Trinajstić information content (AvgIpc) is 2.41. The topological polar surface area (TPSA) is 21.6 Å². The number of hydrogen-bond donors (Lipinski definition) is 0. The summed E-state index contributed by atoms with van der Waals surface area (Å²) >= 11 is 0. The fourth-order valence-corrected chi connectivity index (χ4v) is 1.17. The molecule has 0 heterocycles. The molecule has 0 aromatic carbocycles. The van der Waals surface area contributed by atoms with Crippen molar-refractivity contribution in [1.29, 1.82) is 0 Å². The maximum Gasteiger partial charge on any atom is 0.127 e. The highest BCUT2D eigenvalue weighted by atomic mass is 16.6. The van der Waals surface area contributed by atoms with Crippen molar-refractivity contribution < 1.29 is 4.84 Å². The summed E-state index contributed by atoms with van der Waals surface area (Å²) in [7, 11) is 0. The van der Waals surface area contributed by atoms with E-state index in [0.717, 1.165) is 6.42 Å². The van der Waals surface area contributed by atoms with Crippen LogP contribution in [-0.4, -0.2) is 12.3 Å². The predicted molar refractivity (Wildman–Crippen MR) is 41.1 cm³/mol. The molecule has 1 fully saturated rings. The largest absolute Gasteiger partial charge is 0.392 e. The molecule has 0 aliphatic heterocycles. The van der Waals surface area contributed by atoms with E-state index < -0.39 is 0 Å². The van der Waals surface area contributed by atoms with E-state index in [1.165, 1.54) is 25.7 Å².